The Hall–Kier alpha value is -3.30. The first-order valence-corrected chi connectivity index (χ1v) is 10.6. The maximum Gasteiger partial charge on any atom is 0.329 e. The molecule has 0 fully saturated rings. The van der Waals surface area contributed by atoms with Gasteiger partial charge in [-0.2, -0.15) is 5.10 Å². The molecule has 0 radical (unpaired) electrons. The van der Waals surface area contributed by atoms with E-state index in [4.69, 9.17) is 32.7 Å². The number of hydrogen-bond donors (Lipinski definition) is 3. The van der Waals surface area contributed by atoms with Crippen LogP contribution in [0.3, 0.4) is 0 Å². The SMILES string of the molecule is COc1cc(/C=N\NC(=O)C(=O)NC(C)C)cc(Cl)c1OCC(=O)Nc1ccc(C)c(Cl)c1. The molecular formula is C22H24Cl2N4O5. The van der Waals surface area contributed by atoms with Crippen molar-refractivity contribution >= 4 is 52.8 Å². The van der Waals surface area contributed by atoms with Gasteiger partial charge in [0, 0.05) is 16.8 Å². The molecule has 0 bridgehead atoms. The number of benzene rings is 2. The van der Waals surface area contributed by atoms with Gasteiger partial charge in [-0.25, -0.2) is 5.43 Å². The molecule has 0 aliphatic carbocycles. The largest absolute Gasteiger partial charge is 0.493 e. The summed E-state index contributed by atoms with van der Waals surface area (Å²) in [4.78, 5) is 35.5. The molecule has 176 valence electrons. The van der Waals surface area contributed by atoms with Crippen molar-refractivity contribution in [3.63, 3.8) is 0 Å². The van der Waals surface area contributed by atoms with Crippen LogP contribution >= 0.6 is 23.2 Å². The number of hydrazone groups is 1. The van der Waals surface area contributed by atoms with E-state index in [0.29, 0.717) is 16.3 Å². The number of amides is 3. The zero-order valence-corrected chi connectivity index (χ0v) is 20.0. The monoisotopic (exact) mass is 494 g/mol. The first-order valence-electron chi connectivity index (χ1n) is 9.81. The summed E-state index contributed by atoms with van der Waals surface area (Å²) in [6.07, 6.45) is 1.28. The summed E-state index contributed by atoms with van der Waals surface area (Å²) in [5, 5.41) is 9.56. The Morgan fingerprint density at radius 3 is 2.45 bits per heavy atom. The molecular weight excluding hydrogens is 471 g/mol. The molecule has 0 heterocycles. The Morgan fingerprint density at radius 2 is 1.82 bits per heavy atom. The van der Waals surface area contributed by atoms with E-state index >= 15 is 0 Å². The summed E-state index contributed by atoms with van der Waals surface area (Å²) >= 11 is 12.3. The highest BCUT2D eigenvalue weighted by Gasteiger charge is 2.15. The summed E-state index contributed by atoms with van der Waals surface area (Å²) in [6.45, 7) is 5.00. The summed E-state index contributed by atoms with van der Waals surface area (Å²) in [6, 6.07) is 8.02. The number of ether oxygens (including phenoxy) is 2. The first-order chi connectivity index (χ1) is 15.6. The smallest absolute Gasteiger partial charge is 0.329 e. The topological polar surface area (TPSA) is 118 Å². The Bertz CT molecular complexity index is 1070. The number of nitrogens with zero attached hydrogens (tertiary/aromatic N) is 1. The van der Waals surface area contributed by atoms with Gasteiger partial charge in [0.2, 0.25) is 0 Å². The standard InChI is InChI=1S/C22H24Cl2N4O5/c1-12(2)26-21(30)22(31)28-25-10-14-7-17(24)20(18(8-14)32-4)33-11-19(29)27-15-6-5-13(3)16(23)9-15/h5-10,12H,11H2,1-4H3,(H,26,30)(H,27,29)(H,28,31)/b25-10-. The lowest BCUT2D eigenvalue weighted by Gasteiger charge is -2.13. The predicted molar refractivity (Wildman–Crippen MR) is 127 cm³/mol. The minimum atomic E-state index is -0.904. The average Bonchev–Trinajstić information content (AvgIpc) is 2.74. The zero-order chi connectivity index (χ0) is 24.5. The van der Waals surface area contributed by atoms with Crippen LogP contribution < -0.4 is 25.5 Å². The first kappa shape index (κ1) is 26.0. The summed E-state index contributed by atoms with van der Waals surface area (Å²) < 4.78 is 10.8. The fraction of sp³-hybridized carbons (Fsp3) is 0.273. The van der Waals surface area contributed by atoms with Crippen LogP contribution in [0.25, 0.3) is 0 Å². The van der Waals surface area contributed by atoms with Crippen molar-refractivity contribution < 1.29 is 23.9 Å². The zero-order valence-electron chi connectivity index (χ0n) is 18.5. The van der Waals surface area contributed by atoms with Crippen LogP contribution in [-0.2, 0) is 14.4 Å². The van der Waals surface area contributed by atoms with Crippen LogP contribution in [-0.4, -0.2) is 43.7 Å². The van der Waals surface area contributed by atoms with Gasteiger partial charge in [0.05, 0.1) is 18.3 Å². The lowest BCUT2D eigenvalue weighted by Crippen LogP contribution is -2.41. The predicted octanol–water partition coefficient (Wildman–Crippen LogP) is 3.30. The summed E-state index contributed by atoms with van der Waals surface area (Å²) in [5.41, 5.74) is 4.01. The van der Waals surface area contributed by atoms with Gasteiger partial charge in [-0.15, -0.1) is 0 Å². The molecule has 9 nitrogen and oxygen atoms in total. The summed E-state index contributed by atoms with van der Waals surface area (Å²) in [5.74, 6) is -1.71. The van der Waals surface area contributed by atoms with Crippen LogP contribution in [0.2, 0.25) is 10.0 Å². The van der Waals surface area contributed by atoms with Gasteiger partial charge in [0.15, 0.2) is 18.1 Å². The number of rotatable bonds is 8. The van der Waals surface area contributed by atoms with Gasteiger partial charge < -0.3 is 20.1 Å². The lowest BCUT2D eigenvalue weighted by molar-refractivity contribution is -0.139. The number of aryl methyl sites for hydroxylation is 1. The normalized spacial score (nSPS) is 10.8. The van der Waals surface area contributed by atoms with Crippen LogP contribution in [0.4, 0.5) is 5.69 Å². The molecule has 0 saturated carbocycles. The number of carbonyl (C=O) groups is 3. The number of nitrogens with one attached hydrogen (secondary N) is 3. The highest BCUT2D eigenvalue weighted by atomic mass is 35.5. The van der Waals surface area contributed by atoms with E-state index in [1.807, 2.05) is 6.92 Å². The van der Waals surface area contributed by atoms with Crippen LogP contribution in [0.5, 0.6) is 11.5 Å². The van der Waals surface area contributed by atoms with Crippen molar-refractivity contribution in [2.24, 2.45) is 5.10 Å². The maximum atomic E-state index is 12.2. The second kappa shape index (κ2) is 12.1. The third-order valence-electron chi connectivity index (χ3n) is 4.06. The van der Waals surface area contributed by atoms with Gasteiger partial charge in [-0.3, -0.25) is 14.4 Å². The second-order valence-corrected chi connectivity index (χ2v) is 7.98. The Morgan fingerprint density at radius 1 is 1.09 bits per heavy atom. The van der Waals surface area contributed by atoms with Gasteiger partial charge in [0.25, 0.3) is 5.91 Å². The van der Waals surface area contributed by atoms with E-state index < -0.39 is 17.7 Å². The minimum absolute atomic E-state index is 0.158. The molecule has 2 aromatic carbocycles. The van der Waals surface area contributed by atoms with Crippen molar-refractivity contribution in [2.75, 3.05) is 19.0 Å². The molecule has 2 rings (SSSR count). The fourth-order valence-electron chi connectivity index (χ4n) is 2.50. The Balaban J connectivity index is 2.01. The van der Waals surface area contributed by atoms with Crippen LogP contribution in [0, 0.1) is 6.92 Å². The molecule has 0 aromatic heterocycles. The molecule has 0 aliphatic heterocycles. The van der Waals surface area contributed by atoms with Gasteiger partial charge in [-0.1, -0.05) is 29.3 Å². The average molecular weight is 495 g/mol. The van der Waals surface area contributed by atoms with E-state index in [-0.39, 0.29) is 29.2 Å². The molecule has 2 aromatic rings. The fourth-order valence-corrected chi connectivity index (χ4v) is 2.96. The van der Waals surface area contributed by atoms with E-state index in [9.17, 15) is 14.4 Å². The number of hydrogen-bond acceptors (Lipinski definition) is 6. The van der Waals surface area contributed by atoms with Crippen molar-refractivity contribution in [3.05, 3.63) is 51.5 Å². The number of anilines is 1. The second-order valence-electron chi connectivity index (χ2n) is 7.16. The van der Waals surface area contributed by atoms with E-state index in [0.717, 1.165) is 5.56 Å². The summed E-state index contributed by atoms with van der Waals surface area (Å²) in [7, 11) is 1.41. The molecule has 3 amide bonds. The highest BCUT2D eigenvalue weighted by Crippen LogP contribution is 2.36. The van der Waals surface area contributed by atoms with Gasteiger partial charge in [-0.05, 0) is 56.2 Å². The van der Waals surface area contributed by atoms with Crippen molar-refractivity contribution in [1.82, 2.24) is 10.7 Å². The molecule has 3 N–H and O–H groups in total. The molecule has 11 heteroatoms. The van der Waals surface area contributed by atoms with Gasteiger partial charge in [0.1, 0.15) is 0 Å². The van der Waals surface area contributed by atoms with Crippen molar-refractivity contribution in [1.29, 1.82) is 0 Å². The molecule has 0 aliphatic rings. The Labute approximate surface area is 201 Å². The minimum Gasteiger partial charge on any atom is -0.493 e. The van der Waals surface area contributed by atoms with Crippen LogP contribution in [0.15, 0.2) is 35.4 Å². The third-order valence-corrected chi connectivity index (χ3v) is 4.75. The highest BCUT2D eigenvalue weighted by molar-refractivity contribution is 6.35. The number of halogens is 2. The Kier molecular flexibility index (Phi) is 9.50. The quantitative estimate of drug-likeness (QED) is 0.295. The molecule has 0 spiro atoms. The molecule has 33 heavy (non-hydrogen) atoms. The molecule has 0 unspecified atom stereocenters. The van der Waals surface area contributed by atoms with E-state index in [1.165, 1.54) is 19.4 Å². The van der Waals surface area contributed by atoms with E-state index in [1.54, 1.807) is 38.1 Å². The van der Waals surface area contributed by atoms with Crippen molar-refractivity contribution in [3.8, 4) is 11.5 Å². The molecule has 0 atom stereocenters. The maximum absolute atomic E-state index is 12.2. The number of carbonyl (C=O) groups excluding carboxylic acids is 3. The molecule has 0 saturated heterocycles. The van der Waals surface area contributed by atoms with Crippen LogP contribution in [0.1, 0.15) is 25.0 Å². The third kappa shape index (κ3) is 7.96. The van der Waals surface area contributed by atoms with Crippen molar-refractivity contribution in [2.45, 2.75) is 26.8 Å². The van der Waals surface area contributed by atoms with E-state index in [2.05, 4.69) is 21.2 Å². The lowest BCUT2D eigenvalue weighted by atomic mass is 10.2. The van der Waals surface area contributed by atoms with Gasteiger partial charge >= 0.3 is 11.8 Å². The number of methoxy groups -OCH3 is 1.